The summed E-state index contributed by atoms with van der Waals surface area (Å²) < 4.78 is 18.3. The zero-order valence-electron chi connectivity index (χ0n) is 31.0. The predicted molar refractivity (Wildman–Crippen MR) is 209 cm³/mol. The van der Waals surface area contributed by atoms with Crippen molar-refractivity contribution >= 4 is 29.1 Å². The van der Waals surface area contributed by atoms with E-state index in [4.69, 9.17) is 14.2 Å². The molecule has 53 heavy (non-hydrogen) atoms. The highest BCUT2D eigenvalue weighted by Gasteiger charge is 2.18. The van der Waals surface area contributed by atoms with E-state index in [-0.39, 0.29) is 24.5 Å². The number of hydrogen-bond acceptors (Lipinski definition) is 6. The summed E-state index contributed by atoms with van der Waals surface area (Å²) in [5.41, 5.74) is 5.96. The lowest BCUT2D eigenvalue weighted by atomic mass is 10.1. The first-order valence-corrected chi connectivity index (χ1v) is 17.9. The molecule has 5 rings (SSSR count). The lowest BCUT2D eigenvalue weighted by Crippen LogP contribution is -2.24. The van der Waals surface area contributed by atoms with Gasteiger partial charge in [0, 0.05) is 23.2 Å². The summed E-state index contributed by atoms with van der Waals surface area (Å²) in [7, 11) is 0. The molecule has 0 bridgehead atoms. The van der Waals surface area contributed by atoms with Crippen molar-refractivity contribution in [2.45, 2.75) is 66.8 Å². The molecule has 3 amide bonds. The monoisotopic (exact) mass is 713 g/mol. The molecule has 0 heterocycles. The van der Waals surface area contributed by atoms with E-state index in [1.807, 2.05) is 88.4 Å². The second-order valence-electron chi connectivity index (χ2n) is 13.1. The van der Waals surface area contributed by atoms with Gasteiger partial charge in [-0.3, -0.25) is 14.4 Å². The van der Waals surface area contributed by atoms with E-state index in [1.54, 1.807) is 48.5 Å². The van der Waals surface area contributed by atoms with Crippen LogP contribution in [0.15, 0.2) is 109 Å². The van der Waals surface area contributed by atoms with Crippen molar-refractivity contribution in [1.82, 2.24) is 5.32 Å². The number of rotatable bonds is 16. The van der Waals surface area contributed by atoms with Crippen molar-refractivity contribution in [3.63, 3.8) is 0 Å². The van der Waals surface area contributed by atoms with Crippen molar-refractivity contribution in [2.24, 2.45) is 0 Å². The van der Waals surface area contributed by atoms with Crippen molar-refractivity contribution in [2.75, 3.05) is 17.2 Å². The Labute approximate surface area is 311 Å². The summed E-state index contributed by atoms with van der Waals surface area (Å²) in [6, 6.07) is 32.9. The van der Waals surface area contributed by atoms with Crippen LogP contribution < -0.4 is 30.2 Å². The summed E-state index contributed by atoms with van der Waals surface area (Å²) in [5.74, 6) is 0.314. The zero-order valence-corrected chi connectivity index (χ0v) is 31.0. The maximum atomic E-state index is 13.7. The van der Waals surface area contributed by atoms with Gasteiger partial charge in [-0.25, -0.2) is 0 Å². The van der Waals surface area contributed by atoms with Crippen LogP contribution >= 0.6 is 0 Å². The molecule has 9 nitrogen and oxygen atoms in total. The zero-order chi connectivity index (χ0) is 37.7. The SMILES string of the molecule is CCCCNC(=O)c1ccc(NC(=O)c2ccc(NC(=O)c3ccc(C)c(OCc4ccccc4)c3)c(OC(C)C)c2)c(OCc2ccc(C)cc2)c1. The van der Waals surface area contributed by atoms with Gasteiger partial charge in [-0.05, 0) is 99.3 Å². The maximum absolute atomic E-state index is 13.7. The van der Waals surface area contributed by atoms with Crippen LogP contribution in [0, 0.1) is 13.8 Å². The number of carbonyl (C=O) groups excluding carboxylic acids is 3. The molecule has 5 aromatic carbocycles. The first kappa shape index (κ1) is 38.1. The highest BCUT2D eigenvalue weighted by Crippen LogP contribution is 2.31. The molecule has 0 aliphatic carbocycles. The molecule has 3 N–H and O–H groups in total. The lowest BCUT2D eigenvalue weighted by molar-refractivity contribution is 0.0951. The third-order valence-electron chi connectivity index (χ3n) is 8.36. The minimum Gasteiger partial charge on any atom is -0.489 e. The number of carbonyl (C=O) groups is 3. The van der Waals surface area contributed by atoms with E-state index in [1.165, 1.54) is 0 Å². The molecule has 0 saturated carbocycles. The summed E-state index contributed by atoms with van der Waals surface area (Å²) >= 11 is 0. The number of anilines is 2. The Hall–Kier alpha value is -6.09. The summed E-state index contributed by atoms with van der Waals surface area (Å²) in [6.07, 6.45) is 1.60. The Morgan fingerprint density at radius 1 is 0.604 bits per heavy atom. The Morgan fingerprint density at radius 2 is 1.13 bits per heavy atom. The molecule has 0 aromatic heterocycles. The van der Waals surface area contributed by atoms with E-state index >= 15 is 0 Å². The van der Waals surface area contributed by atoms with Crippen LogP contribution in [0.2, 0.25) is 0 Å². The molecule has 0 fully saturated rings. The van der Waals surface area contributed by atoms with Crippen molar-refractivity contribution in [1.29, 1.82) is 0 Å². The third kappa shape index (κ3) is 11.0. The fraction of sp³-hybridized carbons (Fsp3) is 0.250. The number of nitrogens with one attached hydrogen (secondary N) is 3. The van der Waals surface area contributed by atoms with Crippen LogP contribution in [0.1, 0.15) is 86.9 Å². The number of benzene rings is 5. The first-order chi connectivity index (χ1) is 25.6. The molecule has 0 radical (unpaired) electrons. The van der Waals surface area contributed by atoms with E-state index in [0.29, 0.717) is 58.5 Å². The van der Waals surface area contributed by atoms with Gasteiger partial charge in [0.2, 0.25) is 0 Å². The van der Waals surface area contributed by atoms with Gasteiger partial charge >= 0.3 is 0 Å². The number of aryl methyl sites for hydroxylation is 2. The van der Waals surface area contributed by atoms with Gasteiger partial charge in [0.1, 0.15) is 30.5 Å². The molecule has 9 heteroatoms. The number of amides is 3. The van der Waals surface area contributed by atoms with E-state index < -0.39 is 5.91 Å². The molecule has 0 spiro atoms. The number of ether oxygens (including phenoxy) is 3. The Morgan fingerprint density at radius 3 is 1.75 bits per heavy atom. The third-order valence-corrected chi connectivity index (χ3v) is 8.36. The Balaban J connectivity index is 1.34. The number of unbranched alkanes of at least 4 members (excludes halogenated alkanes) is 1. The topological polar surface area (TPSA) is 115 Å². The average molecular weight is 714 g/mol. The molecular weight excluding hydrogens is 666 g/mol. The van der Waals surface area contributed by atoms with E-state index in [2.05, 4.69) is 22.9 Å². The minimum absolute atomic E-state index is 0.216. The van der Waals surface area contributed by atoms with Gasteiger partial charge in [-0.2, -0.15) is 0 Å². The molecule has 0 atom stereocenters. The van der Waals surface area contributed by atoms with E-state index in [0.717, 1.165) is 35.1 Å². The molecule has 0 unspecified atom stereocenters. The van der Waals surface area contributed by atoms with Crippen molar-refractivity contribution in [3.8, 4) is 17.2 Å². The van der Waals surface area contributed by atoms with Crippen molar-refractivity contribution < 1.29 is 28.6 Å². The summed E-state index contributed by atoms with van der Waals surface area (Å²) in [6.45, 7) is 10.9. The van der Waals surface area contributed by atoms with Gasteiger partial charge < -0.3 is 30.2 Å². The highest BCUT2D eigenvalue weighted by atomic mass is 16.5. The fourth-order valence-electron chi connectivity index (χ4n) is 5.35. The van der Waals surface area contributed by atoms with Crippen LogP contribution in [0.25, 0.3) is 0 Å². The lowest BCUT2D eigenvalue weighted by Gasteiger charge is -2.18. The Kier molecular flexibility index (Phi) is 13.3. The second-order valence-corrected chi connectivity index (χ2v) is 13.1. The Bertz CT molecular complexity index is 2030. The first-order valence-electron chi connectivity index (χ1n) is 17.9. The molecule has 0 aliphatic rings. The highest BCUT2D eigenvalue weighted by molar-refractivity contribution is 6.08. The van der Waals surface area contributed by atoms with Gasteiger partial charge in [-0.1, -0.05) is 79.6 Å². The van der Waals surface area contributed by atoms with E-state index in [9.17, 15) is 14.4 Å². The molecular formula is C44H47N3O6. The van der Waals surface area contributed by atoms with Crippen LogP contribution in [0.5, 0.6) is 17.2 Å². The average Bonchev–Trinajstić information content (AvgIpc) is 3.15. The number of hydrogen-bond donors (Lipinski definition) is 3. The maximum Gasteiger partial charge on any atom is 0.255 e. The predicted octanol–water partition coefficient (Wildman–Crippen LogP) is 9.28. The van der Waals surface area contributed by atoms with Gasteiger partial charge in [0.15, 0.2) is 0 Å². The van der Waals surface area contributed by atoms with Gasteiger partial charge in [-0.15, -0.1) is 0 Å². The largest absolute Gasteiger partial charge is 0.489 e. The standard InChI is InChI=1S/C44H47N3O6/c1-6-7-23-45-42(48)34-19-21-37(40(25-34)52-28-33-16-13-30(4)14-17-33)46-44(50)36-20-22-38(41(26-36)53-29(2)3)47-43(49)35-18-15-31(5)39(24-35)51-27-32-11-9-8-10-12-32/h8-22,24-26,29H,6-7,23,27-28H2,1-5H3,(H,45,48)(H,46,50)(H,47,49). The summed E-state index contributed by atoms with van der Waals surface area (Å²) in [5, 5.41) is 8.81. The second kappa shape index (κ2) is 18.4. The molecule has 0 aliphatic heterocycles. The molecule has 0 saturated heterocycles. The van der Waals surface area contributed by atoms with Crippen LogP contribution in [0.3, 0.4) is 0 Å². The normalized spacial score (nSPS) is 10.8. The summed E-state index contributed by atoms with van der Waals surface area (Å²) in [4.78, 5) is 40.0. The van der Waals surface area contributed by atoms with Crippen LogP contribution in [-0.2, 0) is 13.2 Å². The molecule has 274 valence electrons. The van der Waals surface area contributed by atoms with Crippen LogP contribution in [-0.4, -0.2) is 30.4 Å². The quantitative estimate of drug-likeness (QED) is 0.0879. The smallest absolute Gasteiger partial charge is 0.255 e. The van der Waals surface area contributed by atoms with Gasteiger partial charge in [0.05, 0.1) is 17.5 Å². The van der Waals surface area contributed by atoms with Gasteiger partial charge in [0.25, 0.3) is 17.7 Å². The minimum atomic E-state index is -0.421. The molecule has 5 aromatic rings. The van der Waals surface area contributed by atoms with Crippen LogP contribution in [0.4, 0.5) is 11.4 Å². The van der Waals surface area contributed by atoms with Crippen molar-refractivity contribution in [3.05, 3.63) is 148 Å². The fourth-order valence-corrected chi connectivity index (χ4v) is 5.35.